The second kappa shape index (κ2) is 9.80. The second-order valence-electron chi connectivity index (χ2n) is 8.50. The van der Waals surface area contributed by atoms with Gasteiger partial charge in [-0.15, -0.1) is 0 Å². The zero-order chi connectivity index (χ0) is 23.5. The lowest BCUT2D eigenvalue weighted by Gasteiger charge is -2.35. The van der Waals surface area contributed by atoms with Crippen LogP contribution in [0, 0.1) is 11.8 Å². The molecule has 1 fully saturated rings. The maximum atomic E-state index is 12.9. The monoisotopic (exact) mass is 475 g/mol. The zero-order valence-corrected chi connectivity index (χ0v) is 18.9. The quantitative estimate of drug-likeness (QED) is 0.640. The zero-order valence-electron chi connectivity index (χ0n) is 18.1. The highest BCUT2D eigenvalue weighted by Gasteiger charge is 2.33. The molecule has 2 heterocycles. The second-order valence-corrected chi connectivity index (χ2v) is 10.4. The average molecular weight is 476 g/mol. The van der Waals surface area contributed by atoms with Crippen LogP contribution in [-0.4, -0.2) is 56.3 Å². The summed E-state index contributed by atoms with van der Waals surface area (Å²) in [6.07, 6.45) is -1.66. The number of likely N-dealkylation sites (tertiary alicyclic amines) is 1. The molecule has 2 aliphatic heterocycles. The van der Waals surface area contributed by atoms with E-state index in [1.807, 2.05) is 0 Å². The summed E-state index contributed by atoms with van der Waals surface area (Å²) >= 11 is 0. The van der Waals surface area contributed by atoms with Crippen molar-refractivity contribution in [3.63, 3.8) is 0 Å². The number of benzene rings is 1. The van der Waals surface area contributed by atoms with E-state index in [1.54, 1.807) is 11.0 Å². The summed E-state index contributed by atoms with van der Waals surface area (Å²) in [6, 6.07) is 3.71. The van der Waals surface area contributed by atoms with Crippen molar-refractivity contribution in [3.8, 4) is 0 Å². The standard InChI is InChI=1S/C21H28F3N3O4S/c1-15-10-16(2)13-26(12-15)20(28)14-31-25-18-6-8-27(9-7-18)32(29,30)19-5-3-4-17(11-19)21(22,23)24/h3-6,11,15-16,25H,7-10,12-14H2,1-2H3. The van der Waals surface area contributed by atoms with Gasteiger partial charge < -0.3 is 4.90 Å². The van der Waals surface area contributed by atoms with Crippen LogP contribution in [0.5, 0.6) is 0 Å². The third-order valence-electron chi connectivity index (χ3n) is 5.59. The van der Waals surface area contributed by atoms with Crippen LogP contribution in [0.25, 0.3) is 0 Å². The first-order valence-corrected chi connectivity index (χ1v) is 11.9. The van der Waals surface area contributed by atoms with E-state index in [1.165, 1.54) is 0 Å². The van der Waals surface area contributed by atoms with Gasteiger partial charge in [-0.3, -0.25) is 15.1 Å². The number of halogens is 3. The van der Waals surface area contributed by atoms with Crippen molar-refractivity contribution in [1.82, 2.24) is 14.7 Å². The van der Waals surface area contributed by atoms with E-state index in [0.717, 1.165) is 28.9 Å². The molecule has 2 unspecified atom stereocenters. The molecule has 2 aliphatic rings. The number of rotatable bonds is 6. The van der Waals surface area contributed by atoms with Crippen molar-refractivity contribution in [1.29, 1.82) is 0 Å². The van der Waals surface area contributed by atoms with E-state index in [2.05, 4.69) is 19.3 Å². The fourth-order valence-corrected chi connectivity index (χ4v) is 5.52. The summed E-state index contributed by atoms with van der Waals surface area (Å²) in [6.45, 7) is 5.57. The predicted octanol–water partition coefficient (Wildman–Crippen LogP) is 3.01. The molecule has 32 heavy (non-hydrogen) atoms. The van der Waals surface area contributed by atoms with E-state index in [0.29, 0.717) is 36.7 Å². The Morgan fingerprint density at radius 2 is 1.91 bits per heavy atom. The largest absolute Gasteiger partial charge is 0.416 e. The molecule has 1 N–H and O–H groups in total. The van der Waals surface area contributed by atoms with E-state index >= 15 is 0 Å². The maximum Gasteiger partial charge on any atom is 0.416 e. The summed E-state index contributed by atoms with van der Waals surface area (Å²) in [5, 5.41) is 0. The first-order chi connectivity index (χ1) is 15.0. The van der Waals surface area contributed by atoms with Gasteiger partial charge in [0.2, 0.25) is 10.0 Å². The van der Waals surface area contributed by atoms with Gasteiger partial charge in [0.1, 0.15) is 0 Å². The van der Waals surface area contributed by atoms with Crippen molar-refractivity contribution in [3.05, 3.63) is 41.6 Å². The number of amides is 1. The molecule has 1 amide bonds. The predicted molar refractivity (Wildman–Crippen MR) is 112 cm³/mol. The van der Waals surface area contributed by atoms with Crippen molar-refractivity contribution in [2.75, 3.05) is 32.8 Å². The van der Waals surface area contributed by atoms with Gasteiger partial charge >= 0.3 is 6.18 Å². The number of nitrogens with one attached hydrogen (secondary N) is 1. The van der Waals surface area contributed by atoms with Gasteiger partial charge in [0.25, 0.3) is 5.91 Å². The number of carbonyl (C=O) groups is 1. The summed E-state index contributed by atoms with van der Waals surface area (Å²) < 4.78 is 65.3. The number of hydrogen-bond acceptors (Lipinski definition) is 5. The molecule has 3 rings (SSSR count). The van der Waals surface area contributed by atoms with Crippen LogP contribution in [0.1, 0.15) is 32.3 Å². The van der Waals surface area contributed by atoms with Gasteiger partial charge in [-0.25, -0.2) is 8.42 Å². The maximum absolute atomic E-state index is 12.9. The Balaban J connectivity index is 1.53. The molecule has 178 valence electrons. The van der Waals surface area contributed by atoms with Gasteiger partial charge in [-0.05, 0) is 42.5 Å². The Kier molecular flexibility index (Phi) is 7.51. The third kappa shape index (κ3) is 6.02. The Labute approximate surface area is 186 Å². The number of alkyl halides is 3. The van der Waals surface area contributed by atoms with Gasteiger partial charge in [-0.1, -0.05) is 19.9 Å². The molecule has 2 atom stereocenters. The summed E-state index contributed by atoms with van der Waals surface area (Å²) in [5.41, 5.74) is 2.31. The van der Waals surface area contributed by atoms with Crippen LogP contribution in [0.15, 0.2) is 40.9 Å². The average Bonchev–Trinajstić information content (AvgIpc) is 2.73. The lowest BCUT2D eigenvalue weighted by molar-refractivity contribution is -0.141. The molecule has 0 aromatic heterocycles. The highest BCUT2D eigenvalue weighted by Crippen LogP contribution is 2.31. The topological polar surface area (TPSA) is 79.0 Å². The normalized spacial score (nSPS) is 23.0. The SMILES string of the molecule is CC1CC(C)CN(C(=O)CONC2=CCN(S(=O)(=O)c3cccc(C(F)(F)F)c3)CC2)C1. The number of sulfonamides is 1. The van der Waals surface area contributed by atoms with Crippen LogP contribution >= 0.6 is 0 Å². The van der Waals surface area contributed by atoms with Crippen molar-refractivity contribution in [2.45, 2.75) is 37.8 Å². The molecule has 1 aromatic carbocycles. The molecule has 11 heteroatoms. The fourth-order valence-electron chi connectivity index (χ4n) is 4.09. The number of hydrogen-bond donors (Lipinski definition) is 1. The molecular formula is C21H28F3N3O4S. The molecule has 0 saturated carbocycles. The first kappa shape index (κ1) is 24.5. The first-order valence-electron chi connectivity index (χ1n) is 10.5. The van der Waals surface area contributed by atoms with Gasteiger partial charge in [0.15, 0.2) is 6.61 Å². The van der Waals surface area contributed by atoms with E-state index in [9.17, 15) is 26.4 Å². The van der Waals surface area contributed by atoms with Crippen LogP contribution < -0.4 is 5.48 Å². The minimum atomic E-state index is -4.62. The Hall–Kier alpha value is -2.11. The van der Waals surface area contributed by atoms with Gasteiger partial charge in [-0.2, -0.15) is 17.5 Å². The highest BCUT2D eigenvalue weighted by atomic mass is 32.2. The van der Waals surface area contributed by atoms with Crippen LogP contribution in [0.2, 0.25) is 0 Å². The molecule has 7 nitrogen and oxygen atoms in total. The van der Waals surface area contributed by atoms with Crippen molar-refractivity contribution >= 4 is 15.9 Å². The minimum absolute atomic E-state index is 0.0145. The van der Waals surface area contributed by atoms with Crippen LogP contribution in [-0.2, 0) is 25.8 Å². The smallest absolute Gasteiger partial charge is 0.340 e. The van der Waals surface area contributed by atoms with Crippen LogP contribution in [0.3, 0.4) is 0 Å². The van der Waals surface area contributed by atoms with Crippen molar-refractivity contribution in [2.24, 2.45) is 11.8 Å². The Morgan fingerprint density at radius 3 is 2.50 bits per heavy atom. The van der Waals surface area contributed by atoms with Crippen LogP contribution in [0.4, 0.5) is 13.2 Å². The summed E-state index contributed by atoms with van der Waals surface area (Å²) in [4.78, 5) is 19.0. The molecular weight excluding hydrogens is 447 g/mol. The van der Waals surface area contributed by atoms with E-state index in [4.69, 9.17) is 4.84 Å². The fraction of sp³-hybridized carbons (Fsp3) is 0.571. The number of piperidine rings is 1. The lowest BCUT2D eigenvalue weighted by Crippen LogP contribution is -2.44. The molecule has 1 aromatic rings. The van der Waals surface area contributed by atoms with Gasteiger partial charge in [0, 0.05) is 38.3 Å². The number of nitrogens with zero attached hydrogens (tertiary/aromatic N) is 2. The molecule has 0 aliphatic carbocycles. The number of carbonyl (C=O) groups excluding carboxylic acids is 1. The molecule has 0 spiro atoms. The van der Waals surface area contributed by atoms with E-state index in [-0.39, 0.29) is 32.0 Å². The number of hydroxylamine groups is 1. The Bertz CT molecular complexity index is 955. The lowest BCUT2D eigenvalue weighted by atomic mass is 9.92. The van der Waals surface area contributed by atoms with E-state index < -0.39 is 26.7 Å². The molecule has 1 saturated heterocycles. The minimum Gasteiger partial charge on any atom is -0.340 e. The third-order valence-corrected chi connectivity index (χ3v) is 7.45. The highest BCUT2D eigenvalue weighted by molar-refractivity contribution is 7.89. The summed E-state index contributed by atoms with van der Waals surface area (Å²) in [7, 11) is -4.07. The molecule has 0 radical (unpaired) electrons. The Morgan fingerprint density at radius 1 is 1.22 bits per heavy atom. The van der Waals surface area contributed by atoms with Gasteiger partial charge in [0.05, 0.1) is 10.5 Å². The molecule has 0 bridgehead atoms. The van der Waals surface area contributed by atoms with Crippen molar-refractivity contribution < 1.29 is 31.2 Å². The summed E-state index contributed by atoms with van der Waals surface area (Å²) in [5.74, 6) is 0.781.